The predicted octanol–water partition coefficient (Wildman–Crippen LogP) is 6.18. The van der Waals surface area contributed by atoms with Crippen molar-refractivity contribution in [2.45, 2.75) is 33.6 Å². The van der Waals surface area contributed by atoms with E-state index >= 15 is 0 Å². The Hall–Kier alpha value is -3.60. The van der Waals surface area contributed by atoms with Gasteiger partial charge < -0.3 is 15.0 Å². The molecule has 1 aromatic heterocycles. The van der Waals surface area contributed by atoms with Crippen molar-refractivity contribution in [1.82, 2.24) is 4.98 Å². The van der Waals surface area contributed by atoms with E-state index in [1.165, 1.54) is 0 Å². The Kier molecular flexibility index (Phi) is 6.78. The van der Waals surface area contributed by atoms with Crippen LogP contribution in [0.4, 0.5) is 11.4 Å². The van der Waals surface area contributed by atoms with Crippen molar-refractivity contribution >= 4 is 28.9 Å². The summed E-state index contributed by atoms with van der Waals surface area (Å²) >= 11 is 0. The van der Waals surface area contributed by atoms with Crippen LogP contribution >= 0.6 is 0 Å². The molecule has 33 heavy (non-hydrogen) atoms. The number of pyridine rings is 1. The molecule has 170 valence electrons. The van der Waals surface area contributed by atoms with Crippen LogP contribution in [0.25, 0.3) is 22.8 Å². The molecule has 0 spiro atoms. The molecule has 0 aliphatic carbocycles. The van der Waals surface area contributed by atoms with Gasteiger partial charge in [-0.25, -0.2) is 0 Å². The number of nitrogens with one attached hydrogen (secondary N) is 1. The van der Waals surface area contributed by atoms with Gasteiger partial charge in [0.15, 0.2) is 0 Å². The Labute approximate surface area is 196 Å². The van der Waals surface area contributed by atoms with Crippen molar-refractivity contribution in [1.29, 1.82) is 0 Å². The van der Waals surface area contributed by atoms with Crippen LogP contribution in [0.3, 0.4) is 0 Å². The number of rotatable bonds is 8. The molecule has 5 nitrogen and oxygen atoms in total. The van der Waals surface area contributed by atoms with E-state index in [0.717, 1.165) is 71.0 Å². The van der Waals surface area contributed by atoms with E-state index in [4.69, 9.17) is 4.74 Å². The molecule has 1 aliphatic heterocycles. The van der Waals surface area contributed by atoms with E-state index < -0.39 is 0 Å². The standard InChI is InChI=1S/C28H31N3O2/c1-5-14-31(15-6-2)22-12-11-21(29-18-22)17-24-23-16-20(10-13-25(23)30-28(24)32)27-19(3)8-7-9-26(27)33-4/h7-13,16-18H,5-6,14-15H2,1-4H3,(H,30,32)/b24-17-. The van der Waals surface area contributed by atoms with E-state index in [2.05, 4.69) is 54.2 Å². The first-order chi connectivity index (χ1) is 16.0. The zero-order valence-electron chi connectivity index (χ0n) is 19.8. The zero-order chi connectivity index (χ0) is 23.4. The SMILES string of the molecule is CCCN(CCC)c1ccc(/C=C2\C(=O)Nc3ccc(-c4c(C)cccc4OC)cc32)nc1. The van der Waals surface area contributed by atoms with Gasteiger partial charge in [0.1, 0.15) is 5.75 Å². The fourth-order valence-electron chi connectivity index (χ4n) is 4.40. The lowest BCUT2D eigenvalue weighted by Gasteiger charge is -2.23. The highest BCUT2D eigenvalue weighted by atomic mass is 16.5. The van der Waals surface area contributed by atoms with Gasteiger partial charge >= 0.3 is 0 Å². The lowest BCUT2D eigenvalue weighted by atomic mass is 9.95. The Morgan fingerprint density at radius 3 is 2.52 bits per heavy atom. The molecule has 2 heterocycles. The van der Waals surface area contributed by atoms with Crippen molar-refractivity contribution in [2.75, 3.05) is 30.4 Å². The topological polar surface area (TPSA) is 54.5 Å². The zero-order valence-corrected chi connectivity index (χ0v) is 19.8. The summed E-state index contributed by atoms with van der Waals surface area (Å²) in [4.78, 5) is 19.8. The van der Waals surface area contributed by atoms with E-state index in [0.29, 0.717) is 5.57 Å². The van der Waals surface area contributed by atoms with Crippen molar-refractivity contribution in [3.05, 3.63) is 71.5 Å². The highest BCUT2D eigenvalue weighted by molar-refractivity contribution is 6.35. The number of hydrogen-bond donors (Lipinski definition) is 1. The summed E-state index contributed by atoms with van der Waals surface area (Å²) in [6.45, 7) is 8.46. The Balaban J connectivity index is 1.69. The molecule has 2 aromatic carbocycles. The number of ether oxygens (including phenoxy) is 1. The number of benzene rings is 2. The Morgan fingerprint density at radius 2 is 1.85 bits per heavy atom. The molecule has 5 heteroatoms. The maximum Gasteiger partial charge on any atom is 0.256 e. The summed E-state index contributed by atoms with van der Waals surface area (Å²) in [5.74, 6) is 0.710. The van der Waals surface area contributed by atoms with E-state index in [-0.39, 0.29) is 5.91 Å². The second-order valence-electron chi connectivity index (χ2n) is 8.35. The molecular weight excluding hydrogens is 410 g/mol. The first kappa shape index (κ1) is 22.6. The van der Waals surface area contributed by atoms with Crippen molar-refractivity contribution in [3.8, 4) is 16.9 Å². The number of aromatic nitrogens is 1. The number of anilines is 2. The maximum atomic E-state index is 12.8. The highest BCUT2D eigenvalue weighted by Crippen LogP contribution is 2.39. The fraction of sp³-hybridized carbons (Fsp3) is 0.286. The number of fused-ring (bicyclic) bond motifs is 1. The molecule has 1 aliphatic rings. The number of nitrogens with zero attached hydrogens (tertiary/aromatic N) is 2. The number of carbonyl (C=O) groups excluding carboxylic acids is 1. The van der Waals surface area contributed by atoms with Gasteiger partial charge in [-0.15, -0.1) is 0 Å². The van der Waals surface area contributed by atoms with Gasteiger partial charge in [0.25, 0.3) is 5.91 Å². The molecule has 1 amide bonds. The second-order valence-corrected chi connectivity index (χ2v) is 8.35. The van der Waals surface area contributed by atoms with Gasteiger partial charge in [0.2, 0.25) is 0 Å². The normalized spacial score (nSPS) is 13.7. The summed E-state index contributed by atoms with van der Waals surface area (Å²) in [6, 6.07) is 16.1. The average Bonchev–Trinajstić information content (AvgIpc) is 3.13. The largest absolute Gasteiger partial charge is 0.496 e. The van der Waals surface area contributed by atoms with E-state index in [1.807, 2.05) is 42.6 Å². The number of amides is 1. The third-order valence-electron chi connectivity index (χ3n) is 5.96. The van der Waals surface area contributed by atoms with Crippen LogP contribution in [0, 0.1) is 6.92 Å². The minimum absolute atomic E-state index is 0.108. The lowest BCUT2D eigenvalue weighted by molar-refractivity contribution is -0.110. The molecule has 4 rings (SSSR count). The molecular formula is C28H31N3O2. The van der Waals surface area contributed by atoms with Crippen LogP contribution in [-0.4, -0.2) is 31.1 Å². The average molecular weight is 442 g/mol. The second kappa shape index (κ2) is 9.90. The summed E-state index contributed by atoms with van der Waals surface area (Å²) in [5, 5.41) is 2.98. The van der Waals surface area contributed by atoms with Crippen LogP contribution in [0.15, 0.2) is 54.7 Å². The van der Waals surface area contributed by atoms with Gasteiger partial charge in [-0.3, -0.25) is 9.78 Å². The summed E-state index contributed by atoms with van der Waals surface area (Å²) < 4.78 is 5.60. The first-order valence-electron chi connectivity index (χ1n) is 11.6. The molecule has 0 bridgehead atoms. The quantitative estimate of drug-likeness (QED) is 0.424. The molecule has 0 atom stereocenters. The van der Waals surface area contributed by atoms with Gasteiger partial charge in [-0.05, 0) is 67.3 Å². The number of hydrogen-bond acceptors (Lipinski definition) is 4. The third-order valence-corrected chi connectivity index (χ3v) is 5.96. The molecule has 0 unspecified atom stereocenters. The third kappa shape index (κ3) is 4.63. The smallest absolute Gasteiger partial charge is 0.256 e. The molecule has 0 saturated heterocycles. The van der Waals surface area contributed by atoms with Crippen LogP contribution in [0.1, 0.15) is 43.5 Å². The van der Waals surface area contributed by atoms with E-state index in [9.17, 15) is 4.79 Å². The molecule has 0 radical (unpaired) electrons. The van der Waals surface area contributed by atoms with Gasteiger partial charge in [-0.1, -0.05) is 32.0 Å². The van der Waals surface area contributed by atoms with Crippen molar-refractivity contribution in [3.63, 3.8) is 0 Å². The predicted molar refractivity (Wildman–Crippen MR) is 137 cm³/mol. The number of aryl methyl sites for hydroxylation is 1. The van der Waals surface area contributed by atoms with Crippen LogP contribution in [0.5, 0.6) is 5.75 Å². The minimum atomic E-state index is -0.108. The van der Waals surface area contributed by atoms with Gasteiger partial charge in [-0.2, -0.15) is 0 Å². The minimum Gasteiger partial charge on any atom is -0.496 e. The van der Waals surface area contributed by atoms with Crippen LogP contribution in [0.2, 0.25) is 0 Å². The fourth-order valence-corrected chi connectivity index (χ4v) is 4.40. The Morgan fingerprint density at radius 1 is 1.06 bits per heavy atom. The summed E-state index contributed by atoms with van der Waals surface area (Å²) in [7, 11) is 1.68. The first-order valence-corrected chi connectivity index (χ1v) is 11.6. The van der Waals surface area contributed by atoms with E-state index in [1.54, 1.807) is 7.11 Å². The van der Waals surface area contributed by atoms with Gasteiger partial charge in [0.05, 0.1) is 30.3 Å². The van der Waals surface area contributed by atoms with Crippen LogP contribution < -0.4 is 15.0 Å². The summed E-state index contributed by atoms with van der Waals surface area (Å²) in [6.07, 6.45) is 5.96. The van der Waals surface area contributed by atoms with Crippen molar-refractivity contribution < 1.29 is 9.53 Å². The lowest BCUT2D eigenvalue weighted by Crippen LogP contribution is -2.24. The number of methoxy groups -OCH3 is 1. The van der Waals surface area contributed by atoms with Crippen LogP contribution in [-0.2, 0) is 4.79 Å². The molecule has 1 N–H and O–H groups in total. The molecule has 3 aromatic rings. The maximum absolute atomic E-state index is 12.8. The molecule has 0 saturated carbocycles. The molecule has 0 fully saturated rings. The van der Waals surface area contributed by atoms with Gasteiger partial charge in [0, 0.05) is 29.9 Å². The monoisotopic (exact) mass is 441 g/mol. The van der Waals surface area contributed by atoms with Crippen molar-refractivity contribution in [2.24, 2.45) is 0 Å². The summed E-state index contributed by atoms with van der Waals surface area (Å²) in [5.41, 5.74) is 7.38. The highest BCUT2D eigenvalue weighted by Gasteiger charge is 2.25. The number of carbonyl (C=O) groups is 1. The Bertz CT molecular complexity index is 1180.